The third-order valence-electron chi connectivity index (χ3n) is 4.27. The van der Waals surface area contributed by atoms with Crippen molar-refractivity contribution in [1.29, 1.82) is 5.26 Å². The number of rotatable bonds is 7. The summed E-state index contributed by atoms with van der Waals surface area (Å²) in [7, 11) is 0. The molecule has 27 heavy (non-hydrogen) atoms. The van der Waals surface area contributed by atoms with Crippen molar-refractivity contribution in [2.75, 3.05) is 0 Å². The zero-order valence-electron chi connectivity index (χ0n) is 16.0. The van der Waals surface area contributed by atoms with E-state index in [9.17, 15) is 9.59 Å². The molecule has 0 aromatic heterocycles. The lowest BCUT2D eigenvalue weighted by Gasteiger charge is -2.21. The number of nitrogens with one attached hydrogen (secondary N) is 2. The Morgan fingerprint density at radius 2 is 1.74 bits per heavy atom. The molecule has 0 saturated heterocycles. The molecular weight excluding hydrogens is 338 g/mol. The van der Waals surface area contributed by atoms with Crippen molar-refractivity contribution in [2.45, 2.75) is 39.8 Å². The van der Waals surface area contributed by atoms with Crippen LogP contribution in [0.15, 0.2) is 48.5 Å². The van der Waals surface area contributed by atoms with Crippen LogP contribution in [0.25, 0.3) is 0 Å². The molecule has 1 atom stereocenters. The van der Waals surface area contributed by atoms with Crippen LogP contribution in [0, 0.1) is 24.2 Å². The maximum Gasteiger partial charge on any atom is 0.252 e. The van der Waals surface area contributed by atoms with Gasteiger partial charge in [-0.1, -0.05) is 44.2 Å². The average molecular weight is 363 g/mol. The van der Waals surface area contributed by atoms with Crippen LogP contribution in [0.1, 0.15) is 47.3 Å². The van der Waals surface area contributed by atoms with Crippen LogP contribution < -0.4 is 10.6 Å². The first-order valence-corrected chi connectivity index (χ1v) is 9.04. The average Bonchev–Trinajstić information content (AvgIpc) is 2.65. The van der Waals surface area contributed by atoms with E-state index in [0.29, 0.717) is 24.1 Å². The molecule has 0 saturated carbocycles. The van der Waals surface area contributed by atoms with Crippen molar-refractivity contribution in [3.8, 4) is 6.07 Å². The van der Waals surface area contributed by atoms with E-state index in [-0.39, 0.29) is 17.7 Å². The molecule has 0 aliphatic carbocycles. The summed E-state index contributed by atoms with van der Waals surface area (Å²) in [6.07, 6.45) is 0.552. The largest absolute Gasteiger partial charge is 0.350 e. The van der Waals surface area contributed by atoms with Gasteiger partial charge in [-0.25, -0.2) is 0 Å². The second-order valence-electron chi connectivity index (χ2n) is 7.00. The Balaban J connectivity index is 2.03. The Kier molecular flexibility index (Phi) is 7.13. The molecular formula is C22H25N3O2. The molecule has 5 heteroatoms. The van der Waals surface area contributed by atoms with Gasteiger partial charge in [-0.15, -0.1) is 0 Å². The van der Waals surface area contributed by atoms with Crippen LogP contribution in [0.3, 0.4) is 0 Å². The van der Waals surface area contributed by atoms with Gasteiger partial charge in [-0.2, -0.15) is 5.26 Å². The minimum absolute atomic E-state index is 0.213. The number of aryl methyl sites for hydroxylation is 1. The summed E-state index contributed by atoms with van der Waals surface area (Å²) in [6.45, 7) is 6.25. The van der Waals surface area contributed by atoms with Gasteiger partial charge >= 0.3 is 0 Å². The SMILES string of the molecule is Cc1ccccc1C(=O)NC(CC(C)C)C(=O)NCc1ccc(C#N)cc1. The molecule has 0 spiro atoms. The Morgan fingerprint density at radius 3 is 2.33 bits per heavy atom. The number of hydrogen-bond donors (Lipinski definition) is 2. The van der Waals surface area contributed by atoms with E-state index >= 15 is 0 Å². The van der Waals surface area contributed by atoms with Crippen LogP contribution in [0.2, 0.25) is 0 Å². The number of carbonyl (C=O) groups excluding carboxylic acids is 2. The van der Waals surface area contributed by atoms with E-state index in [4.69, 9.17) is 5.26 Å². The smallest absolute Gasteiger partial charge is 0.252 e. The van der Waals surface area contributed by atoms with Gasteiger partial charge < -0.3 is 10.6 Å². The van der Waals surface area contributed by atoms with Gasteiger partial charge in [0.05, 0.1) is 11.6 Å². The first-order valence-electron chi connectivity index (χ1n) is 9.04. The fourth-order valence-electron chi connectivity index (χ4n) is 2.78. The van der Waals surface area contributed by atoms with E-state index < -0.39 is 6.04 Å². The van der Waals surface area contributed by atoms with Crippen LogP contribution in [-0.4, -0.2) is 17.9 Å². The fourth-order valence-corrected chi connectivity index (χ4v) is 2.78. The highest BCUT2D eigenvalue weighted by Crippen LogP contribution is 2.10. The number of hydrogen-bond acceptors (Lipinski definition) is 3. The Hall–Kier alpha value is -3.13. The molecule has 140 valence electrons. The zero-order chi connectivity index (χ0) is 19.8. The lowest BCUT2D eigenvalue weighted by molar-refractivity contribution is -0.123. The van der Waals surface area contributed by atoms with E-state index in [1.807, 2.05) is 51.1 Å². The van der Waals surface area contributed by atoms with Gasteiger partial charge in [-0.05, 0) is 48.6 Å². The lowest BCUT2D eigenvalue weighted by atomic mass is 10.0. The summed E-state index contributed by atoms with van der Waals surface area (Å²) < 4.78 is 0. The number of nitriles is 1. The number of carbonyl (C=O) groups is 2. The maximum absolute atomic E-state index is 12.6. The maximum atomic E-state index is 12.6. The summed E-state index contributed by atoms with van der Waals surface area (Å²) >= 11 is 0. The normalized spacial score (nSPS) is 11.5. The van der Waals surface area contributed by atoms with Crippen LogP contribution in [0.5, 0.6) is 0 Å². The fraction of sp³-hybridized carbons (Fsp3) is 0.318. The summed E-state index contributed by atoms with van der Waals surface area (Å²) in [5.41, 5.74) is 2.92. The van der Waals surface area contributed by atoms with Crippen molar-refractivity contribution in [2.24, 2.45) is 5.92 Å². The van der Waals surface area contributed by atoms with Crippen molar-refractivity contribution in [3.63, 3.8) is 0 Å². The van der Waals surface area contributed by atoms with Gasteiger partial charge in [0.1, 0.15) is 6.04 Å². The summed E-state index contributed by atoms with van der Waals surface area (Å²) in [5, 5.41) is 14.6. The highest BCUT2D eigenvalue weighted by Gasteiger charge is 2.22. The van der Waals surface area contributed by atoms with Gasteiger partial charge in [0, 0.05) is 12.1 Å². The highest BCUT2D eigenvalue weighted by molar-refractivity contribution is 5.98. The quantitative estimate of drug-likeness (QED) is 0.792. The molecule has 0 radical (unpaired) electrons. The van der Waals surface area contributed by atoms with Crippen LogP contribution in [-0.2, 0) is 11.3 Å². The third kappa shape index (κ3) is 5.96. The first kappa shape index (κ1) is 20.2. The summed E-state index contributed by atoms with van der Waals surface area (Å²) in [4.78, 5) is 25.2. The second-order valence-corrected chi connectivity index (χ2v) is 7.00. The molecule has 0 aliphatic rings. The molecule has 2 amide bonds. The zero-order valence-corrected chi connectivity index (χ0v) is 16.0. The molecule has 2 aromatic rings. The summed E-state index contributed by atoms with van der Waals surface area (Å²) in [6, 6.07) is 15.8. The van der Waals surface area contributed by atoms with Crippen molar-refractivity contribution in [1.82, 2.24) is 10.6 Å². The standard InChI is InChI=1S/C22H25N3O2/c1-15(2)12-20(25-21(26)19-7-5-4-6-16(19)3)22(27)24-14-18-10-8-17(13-23)9-11-18/h4-11,15,20H,12,14H2,1-3H3,(H,24,27)(H,25,26). The van der Waals surface area contributed by atoms with Crippen molar-refractivity contribution >= 4 is 11.8 Å². The molecule has 2 rings (SSSR count). The molecule has 0 bridgehead atoms. The Labute approximate surface area is 160 Å². The first-order chi connectivity index (χ1) is 12.9. The predicted octanol–water partition coefficient (Wildman–Crippen LogP) is 3.33. The molecule has 5 nitrogen and oxygen atoms in total. The number of nitrogens with zero attached hydrogens (tertiary/aromatic N) is 1. The van der Waals surface area contributed by atoms with E-state index in [1.165, 1.54) is 0 Å². The van der Waals surface area contributed by atoms with Crippen LogP contribution in [0.4, 0.5) is 0 Å². The Bertz CT molecular complexity index is 835. The molecule has 0 aliphatic heterocycles. The number of benzene rings is 2. The van der Waals surface area contributed by atoms with E-state index in [2.05, 4.69) is 16.7 Å². The highest BCUT2D eigenvalue weighted by atomic mass is 16.2. The molecule has 2 N–H and O–H groups in total. The molecule has 0 fully saturated rings. The molecule has 2 aromatic carbocycles. The second kappa shape index (κ2) is 9.54. The van der Waals surface area contributed by atoms with Gasteiger partial charge in [0.2, 0.25) is 5.91 Å². The van der Waals surface area contributed by atoms with Gasteiger partial charge in [0.25, 0.3) is 5.91 Å². The lowest BCUT2D eigenvalue weighted by Crippen LogP contribution is -2.47. The predicted molar refractivity (Wildman–Crippen MR) is 105 cm³/mol. The molecule has 1 unspecified atom stereocenters. The Morgan fingerprint density at radius 1 is 1.07 bits per heavy atom. The van der Waals surface area contributed by atoms with E-state index in [1.54, 1.807) is 18.2 Å². The minimum Gasteiger partial charge on any atom is -0.350 e. The number of amides is 2. The monoisotopic (exact) mass is 363 g/mol. The minimum atomic E-state index is -0.601. The third-order valence-corrected chi connectivity index (χ3v) is 4.27. The van der Waals surface area contributed by atoms with Crippen molar-refractivity contribution in [3.05, 3.63) is 70.8 Å². The topological polar surface area (TPSA) is 82.0 Å². The van der Waals surface area contributed by atoms with Gasteiger partial charge in [-0.3, -0.25) is 9.59 Å². The molecule has 0 heterocycles. The van der Waals surface area contributed by atoms with Crippen molar-refractivity contribution < 1.29 is 9.59 Å². The van der Waals surface area contributed by atoms with Crippen LogP contribution >= 0.6 is 0 Å². The van der Waals surface area contributed by atoms with E-state index in [0.717, 1.165) is 11.1 Å². The summed E-state index contributed by atoms with van der Waals surface area (Å²) in [5.74, 6) is -0.199. The van der Waals surface area contributed by atoms with Gasteiger partial charge in [0.15, 0.2) is 0 Å².